The SMILES string of the molecule is COc1ccc(C(=O)c2nc(C(Cl)(Cl)Cl)nc3ccccc23)cc1. The van der Waals surface area contributed by atoms with Crippen LogP contribution in [-0.4, -0.2) is 22.9 Å². The van der Waals surface area contributed by atoms with E-state index in [0.717, 1.165) is 0 Å². The van der Waals surface area contributed by atoms with Crippen LogP contribution in [0.5, 0.6) is 5.75 Å². The molecule has 0 atom stereocenters. The number of aromatic nitrogens is 2. The Morgan fingerprint density at radius 1 is 1.00 bits per heavy atom. The third-order valence-electron chi connectivity index (χ3n) is 3.42. The van der Waals surface area contributed by atoms with Crippen molar-refractivity contribution in [2.75, 3.05) is 7.11 Å². The van der Waals surface area contributed by atoms with Crippen molar-refractivity contribution in [2.24, 2.45) is 0 Å². The molecule has 3 rings (SSSR count). The van der Waals surface area contributed by atoms with E-state index in [-0.39, 0.29) is 17.3 Å². The van der Waals surface area contributed by atoms with Crippen LogP contribution in [0.4, 0.5) is 0 Å². The molecule has 0 amide bonds. The van der Waals surface area contributed by atoms with Crippen molar-refractivity contribution in [1.82, 2.24) is 9.97 Å². The van der Waals surface area contributed by atoms with E-state index >= 15 is 0 Å². The molecule has 1 heterocycles. The molecule has 7 heteroatoms. The Kier molecular flexibility index (Phi) is 4.63. The lowest BCUT2D eigenvalue weighted by atomic mass is 10.0. The normalized spacial score (nSPS) is 11.5. The van der Waals surface area contributed by atoms with Crippen LogP contribution in [0.25, 0.3) is 10.9 Å². The maximum Gasteiger partial charge on any atom is 0.250 e. The Balaban J connectivity index is 2.17. The van der Waals surface area contributed by atoms with Gasteiger partial charge in [0.2, 0.25) is 9.58 Å². The van der Waals surface area contributed by atoms with Crippen LogP contribution < -0.4 is 4.74 Å². The summed E-state index contributed by atoms with van der Waals surface area (Å²) in [5, 5.41) is 0.594. The second kappa shape index (κ2) is 6.55. The highest BCUT2D eigenvalue weighted by atomic mass is 35.6. The standard InChI is InChI=1S/C17H11Cl3N2O2/c1-24-11-8-6-10(7-9-11)15(23)14-12-4-2-3-5-13(12)21-16(22-14)17(18,19)20/h2-9H,1H3. The Bertz CT molecular complexity index is 906. The van der Waals surface area contributed by atoms with E-state index in [0.29, 0.717) is 22.2 Å². The highest BCUT2D eigenvalue weighted by Crippen LogP contribution is 2.37. The smallest absolute Gasteiger partial charge is 0.250 e. The van der Waals surface area contributed by atoms with Gasteiger partial charge in [-0.1, -0.05) is 53.0 Å². The Labute approximate surface area is 153 Å². The molecule has 0 unspecified atom stereocenters. The number of hydrogen-bond acceptors (Lipinski definition) is 4. The molecule has 2 aromatic carbocycles. The van der Waals surface area contributed by atoms with Crippen molar-refractivity contribution in [3.63, 3.8) is 0 Å². The lowest BCUT2D eigenvalue weighted by molar-refractivity contribution is 0.103. The number of halogens is 3. The minimum Gasteiger partial charge on any atom is -0.497 e. The fraction of sp³-hybridized carbons (Fsp3) is 0.118. The quantitative estimate of drug-likeness (QED) is 0.487. The van der Waals surface area contributed by atoms with E-state index in [1.807, 2.05) is 0 Å². The summed E-state index contributed by atoms with van der Waals surface area (Å²) in [6, 6.07) is 13.8. The Hall–Kier alpha value is -1.88. The summed E-state index contributed by atoms with van der Waals surface area (Å²) in [5.74, 6) is 0.330. The number of ether oxygens (including phenoxy) is 1. The number of carbonyl (C=O) groups is 1. The zero-order valence-electron chi connectivity index (χ0n) is 12.5. The molecule has 24 heavy (non-hydrogen) atoms. The number of fused-ring (bicyclic) bond motifs is 1. The van der Waals surface area contributed by atoms with Gasteiger partial charge in [-0.3, -0.25) is 4.79 Å². The summed E-state index contributed by atoms with van der Waals surface area (Å²) in [5.41, 5.74) is 1.17. The van der Waals surface area contributed by atoms with Crippen LogP contribution in [0, 0.1) is 0 Å². The number of alkyl halides is 3. The molecule has 0 saturated heterocycles. The molecular weight excluding hydrogens is 371 g/mol. The number of para-hydroxylation sites is 1. The van der Waals surface area contributed by atoms with Gasteiger partial charge in [0.15, 0.2) is 5.82 Å². The van der Waals surface area contributed by atoms with Gasteiger partial charge in [0.1, 0.15) is 11.4 Å². The first-order valence-corrected chi connectivity index (χ1v) is 8.06. The van der Waals surface area contributed by atoms with Gasteiger partial charge in [-0.05, 0) is 30.3 Å². The molecule has 122 valence electrons. The lowest BCUT2D eigenvalue weighted by Crippen LogP contribution is -2.13. The maximum atomic E-state index is 12.9. The lowest BCUT2D eigenvalue weighted by Gasteiger charge is -2.13. The summed E-state index contributed by atoms with van der Waals surface area (Å²) < 4.78 is 3.28. The molecule has 0 spiro atoms. The third kappa shape index (κ3) is 3.31. The Morgan fingerprint density at radius 2 is 1.67 bits per heavy atom. The molecule has 0 aliphatic carbocycles. The monoisotopic (exact) mass is 380 g/mol. The first-order valence-electron chi connectivity index (χ1n) is 6.93. The van der Waals surface area contributed by atoms with Gasteiger partial charge in [-0.25, -0.2) is 9.97 Å². The van der Waals surface area contributed by atoms with Crippen LogP contribution in [0.15, 0.2) is 48.5 Å². The summed E-state index contributed by atoms with van der Waals surface area (Å²) in [6.07, 6.45) is 0. The van der Waals surface area contributed by atoms with Crippen molar-refractivity contribution < 1.29 is 9.53 Å². The third-order valence-corrected chi connectivity index (χ3v) is 3.93. The summed E-state index contributed by atoms with van der Waals surface area (Å²) in [7, 11) is 1.56. The maximum absolute atomic E-state index is 12.9. The van der Waals surface area contributed by atoms with E-state index in [2.05, 4.69) is 9.97 Å². The van der Waals surface area contributed by atoms with E-state index in [1.54, 1.807) is 55.6 Å². The van der Waals surface area contributed by atoms with E-state index in [1.165, 1.54) is 0 Å². The predicted octanol–water partition coefficient (Wildman–Crippen LogP) is 4.70. The topological polar surface area (TPSA) is 52.1 Å². The van der Waals surface area contributed by atoms with Crippen molar-refractivity contribution in [1.29, 1.82) is 0 Å². The zero-order chi connectivity index (χ0) is 17.3. The Morgan fingerprint density at radius 3 is 2.29 bits per heavy atom. The summed E-state index contributed by atoms with van der Waals surface area (Å²) in [4.78, 5) is 21.3. The zero-order valence-corrected chi connectivity index (χ0v) is 14.7. The molecule has 0 radical (unpaired) electrons. The average molecular weight is 382 g/mol. The molecular formula is C17H11Cl3N2O2. The van der Waals surface area contributed by atoms with Gasteiger partial charge < -0.3 is 4.74 Å². The highest BCUT2D eigenvalue weighted by molar-refractivity contribution is 6.66. The van der Waals surface area contributed by atoms with E-state index in [4.69, 9.17) is 39.5 Å². The molecule has 1 aromatic heterocycles. The van der Waals surface area contributed by atoms with E-state index in [9.17, 15) is 4.79 Å². The number of hydrogen-bond donors (Lipinski definition) is 0. The predicted molar refractivity (Wildman–Crippen MR) is 95.2 cm³/mol. The molecule has 0 N–H and O–H groups in total. The number of rotatable bonds is 3. The van der Waals surface area contributed by atoms with Gasteiger partial charge in [-0.15, -0.1) is 0 Å². The molecule has 3 aromatic rings. The van der Waals surface area contributed by atoms with Gasteiger partial charge in [-0.2, -0.15) is 0 Å². The fourth-order valence-electron chi connectivity index (χ4n) is 2.26. The van der Waals surface area contributed by atoms with Crippen molar-refractivity contribution in [3.05, 3.63) is 65.6 Å². The van der Waals surface area contributed by atoms with Gasteiger partial charge in [0.25, 0.3) is 0 Å². The fourth-order valence-corrected chi connectivity index (χ4v) is 2.51. The molecule has 0 fully saturated rings. The minimum atomic E-state index is -1.82. The van der Waals surface area contributed by atoms with Crippen LogP contribution in [-0.2, 0) is 3.79 Å². The molecule has 4 nitrogen and oxygen atoms in total. The summed E-state index contributed by atoms with van der Waals surface area (Å²) in [6.45, 7) is 0. The number of benzene rings is 2. The molecule has 0 aliphatic rings. The van der Waals surface area contributed by atoms with Gasteiger partial charge in [0.05, 0.1) is 12.6 Å². The second-order valence-corrected chi connectivity index (χ2v) is 7.25. The molecule has 0 bridgehead atoms. The van der Waals surface area contributed by atoms with E-state index < -0.39 is 3.79 Å². The first-order chi connectivity index (χ1) is 11.4. The number of nitrogens with zero attached hydrogens (tertiary/aromatic N) is 2. The van der Waals surface area contributed by atoms with Gasteiger partial charge in [0, 0.05) is 10.9 Å². The van der Waals surface area contributed by atoms with Gasteiger partial charge >= 0.3 is 0 Å². The average Bonchev–Trinajstić information content (AvgIpc) is 2.59. The molecule has 0 saturated carbocycles. The van der Waals surface area contributed by atoms with Crippen molar-refractivity contribution in [3.8, 4) is 5.75 Å². The van der Waals surface area contributed by atoms with Crippen LogP contribution in [0.2, 0.25) is 0 Å². The number of ketones is 1. The first kappa shape index (κ1) is 17.0. The van der Waals surface area contributed by atoms with Crippen LogP contribution in [0.1, 0.15) is 21.9 Å². The number of carbonyl (C=O) groups excluding carboxylic acids is 1. The highest BCUT2D eigenvalue weighted by Gasteiger charge is 2.29. The number of methoxy groups -OCH3 is 1. The van der Waals surface area contributed by atoms with Crippen LogP contribution in [0.3, 0.4) is 0 Å². The minimum absolute atomic E-state index is 0.0388. The van der Waals surface area contributed by atoms with Crippen molar-refractivity contribution >= 4 is 51.5 Å². The van der Waals surface area contributed by atoms with Crippen LogP contribution >= 0.6 is 34.8 Å². The summed E-state index contributed by atoms with van der Waals surface area (Å²) >= 11 is 17.7. The largest absolute Gasteiger partial charge is 0.497 e. The molecule has 0 aliphatic heterocycles. The second-order valence-electron chi connectivity index (χ2n) is 4.97. The van der Waals surface area contributed by atoms with Crippen molar-refractivity contribution in [2.45, 2.75) is 3.79 Å².